The van der Waals surface area contributed by atoms with Crippen molar-refractivity contribution >= 4 is 17.3 Å². The van der Waals surface area contributed by atoms with Gasteiger partial charge < -0.3 is 11.1 Å². The number of carbonyl (C=O) groups excluding carboxylic acids is 1. The van der Waals surface area contributed by atoms with Crippen molar-refractivity contribution in [2.45, 2.75) is 6.54 Å². The Morgan fingerprint density at radius 2 is 2.28 bits per heavy atom. The van der Waals surface area contributed by atoms with Crippen molar-refractivity contribution in [3.8, 4) is 0 Å². The lowest BCUT2D eigenvalue weighted by Gasteiger charge is -2.26. The van der Waals surface area contributed by atoms with E-state index >= 15 is 0 Å². The average molecular weight is 250 g/mol. The number of nitro groups is 1. The molecule has 0 radical (unpaired) electrons. The Bertz CT molecular complexity index is 489. The number of hydrogen-bond donors (Lipinski definition) is 2. The van der Waals surface area contributed by atoms with Crippen molar-refractivity contribution in [2.75, 3.05) is 25.4 Å². The van der Waals surface area contributed by atoms with Gasteiger partial charge in [0.1, 0.15) is 5.69 Å². The van der Waals surface area contributed by atoms with E-state index in [0.717, 1.165) is 12.1 Å². The highest BCUT2D eigenvalue weighted by molar-refractivity contribution is 5.78. The molecule has 1 fully saturated rings. The maximum atomic E-state index is 11.2. The minimum Gasteiger partial charge on any atom is -0.393 e. The maximum Gasteiger partial charge on any atom is 0.292 e. The van der Waals surface area contributed by atoms with Gasteiger partial charge in [-0.15, -0.1) is 0 Å². The topological polar surface area (TPSA) is 102 Å². The Morgan fingerprint density at radius 3 is 2.89 bits per heavy atom. The van der Waals surface area contributed by atoms with Crippen molar-refractivity contribution in [2.24, 2.45) is 0 Å². The fourth-order valence-electron chi connectivity index (χ4n) is 1.95. The number of piperazine rings is 1. The van der Waals surface area contributed by atoms with E-state index in [-0.39, 0.29) is 17.3 Å². The lowest BCUT2D eigenvalue weighted by Crippen LogP contribution is -2.47. The van der Waals surface area contributed by atoms with Crippen LogP contribution in [0.25, 0.3) is 0 Å². The van der Waals surface area contributed by atoms with E-state index in [0.29, 0.717) is 19.6 Å². The number of nitrogens with two attached hydrogens (primary N) is 1. The number of nitrogens with one attached hydrogen (secondary N) is 1. The zero-order valence-electron chi connectivity index (χ0n) is 9.76. The summed E-state index contributed by atoms with van der Waals surface area (Å²) in [6.45, 7) is 2.30. The smallest absolute Gasteiger partial charge is 0.292 e. The molecule has 7 heteroatoms. The van der Waals surface area contributed by atoms with Crippen LogP contribution in [0.2, 0.25) is 0 Å². The lowest BCUT2D eigenvalue weighted by atomic mass is 10.1. The highest BCUT2D eigenvalue weighted by Crippen LogP contribution is 2.22. The number of amides is 1. The molecule has 1 amide bonds. The van der Waals surface area contributed by atoms with Crippen LogP contribution in [0.5, 0.6) is 0 Å². The number of nitrogens with zero attached hydrogens (tertiary/aromatic N) is 2. The van der Waals surface area contributed by atoms with Gasteiger partial charge in [0.2, 0.25) is 5.91 Å². The molecule has 0 aromatic heterocycles. The first-order valence-corrected chi connectivity index (χ1v) is 5.58. The summed E-state index contributed by atoms with van der Waals surface area (Å²) in [7, 11) is 0. The molecule has 0 atom stereocenters. The molecule has 1 aliphatic rings. The first-order valence-electron chi connectivity index (χ1n) is 5.58. The van der Waals surface area contributed by atoms with Gasteiger partial charge in [-0.05, 0) is 11.6 Å². The van der Waals surface area contributed by atoms with E-state index in [1.165, 1.54) is 6.07 Å². The van der Waals surface area contributed by atoms with E-state index in [9.17, 15) is 14.9 Å². The van der Waals surface area contributed by atoms with E-state index in [2.05, 4.69) is 5.32 Å². The predicted molar refractivity (Wildman–Crippen MR) is 65.8 cm³/mol. The molecule has 0 spiro atoms. The average Bonchev–Trinajstić information content (AvgIpc) is 2.28. The third kappa shape index (κ3) is 2.75. The van der Waals surface area contributed by atoms with Gasteiger partial charge in [-0.1, -0.05) is 6.07 Å². The quantitative estimate of drug-likeness (QED) is 0.450. The first kappa shape index (κ1) is 12.3. The van der Waals surface area contributed by atoms with Gasteiger partial charge in [0.25, 0.3) is 5.69 Å². The SMILES string of the molecule is Nc1cc(CN2CCNC(=O)C2)ccc1[N+](=O)[O-]. The summed E-state index contributed by atoms with van der Waals surface area (Å²) in [6, 6.07) is 4.65. The van der Waals surface area contributed by atoms with Gasteiger partial charge >= 0.3 is 0 Å². The second-order valence-corrected chi connectivity index (χ2v) is 4.21. The first-order chi connectivity index (χ1) is 8.56. The van der Waals surface area contributed by atoms with Gasteiger partial charge in [0.05, 0.1) is 11.5 Å². The summed E-state index contributed by atoms with van der Waals surface area (Å²) in [5.41, 5.74) is 6.55. The fraction of sp³-hybridized carbons (Fsp3) is 0.364. The number of rotatable bonds is 3. The van der Waals surface area contributed by atoms with E-state index in [4.69, 9.17) is 5.73 Å². The molecule has 1 saturated heterocycles. The highest BCUT2D eigenvalue weighted by Gasteiger charge is 2.17. The van der Waals surface area contributed by atoms with Crippen LogP contribution in [0, 0.1) is 10.1 Å². The Morgan fingerprint density at radius 1 is 1.50 bits per heavy atom. The molecule has 1 heterocycles. The summed E-state index contributed by atoms with van der Waals surface area (Å²) in [5.74, 6) is -0.00358. The van der Waals surface area contributed by atoms with Crippen LogP contribution >= 0.6 is 0 Å². The van der Waals surface area contributed by atoms with E-state index < -0.39 is 4.92 Å². The third-order valence-corrected chi connectivity index (χ3v) is 2.81. The van der Waals surface area contributed by atoms with Crippen LogP contribution in [0.4, 0.5) is 11.4 Å². The van der Waals surface area contributed by atoms with Crippen molar-refractivity contribution < 1.29 is 9.72 Å². The molecule has 0 bridgehead atoms. The molecule has 96 valence electrons. The van der Waals surface area contributed by atoms with Gasteiger partial charge in [0, 0.05) is 25.7 Å². The minimum absolute atomic E-state index is 0.00358. The summed E-state index contributed by atoms with van der Waals surface area (Å²) in [6.07, 6.45) is 0. The van der Waals surface area contributed by atoms with Crippen LogP contribution in [-0.2, 0) is 11.3 Å². The Labute approximate surface area is 104 Å². The Balaban J connectivity index is 2.08. The number of hydrogen-bond acceptors (Lipinski definition) is 5. The number of carbonyl (C=O) groups is 1. The van der Waals surface area contributed by atoms with Crippen LogP contribution in [0.3, 0.4) is 0 Å². The predicted octanol–water partition coefficient (Wildman–Crippen LogP) is 0.109. The van der Waals surface area contributed by atoms with Crippen molar-refractivity contribution in [3.63, 3.8) is 0 Å². The van der Waals surface area contributed by atoms with Gasteiger partial charge in [-0.25, -0.2) is 0 Å². The van der Waals surface area contributed by atoms with Gasteiger partial charge in [-0.2, -0.15) is 0 Å². The summed E-state index contributed by atoms with van der Waals surface area (Å²) >= 11 is 0. The van der Waals surface area contributed by atoms with E-state index in [1.807, 2.05) is 4.90 Å². The molecular weight excluding hydrogens is 236 g/mol. The number of nitro benzene ring substituents is 1. The van der Waals surface area contributed by atoms with Crippen LogP contribution in [0.15, 0.2) is 18.2 Å². The van der Waals surface area contributed by atoms with Crippen molar-refractivity contribution in [1.82, 2.24) is 10.2 Å². The maximum absolute atomic E-state index is 11.2. The third-order valence-electron chi connectivity index (χ3n) is 2.81. The number of benzene rings is 1. The van der Waals surface area contributed by atoms with Gasteiger partial charge in [0.15, 0.2) is 0 Å². The van der Waals surface area contributed by atoms with Crippen LogP contribution in [-0.4, -0.2) is 35.4 Å². The largest absolute Gasteiger partial charge is 0.393 e. The summed E-state index contributed by atoms with van der Waals surface area (Å²) in [4.78, 5) is 23.3. The number of nitrogen functional groups attached to an aromatic ring is 1. The monoisotopic (exact) mass is 250 g/mol. The molecule has 7 nitrogen and oxygen atoms in total. The molecular formula is C11H14N4O3. The Hall–Kier alpha value is -2.15. The highest BCUT2D eigenvalue weighted by atomic mass is 16.6. The summed E-state index contributed by atoms with van der Waals surface area (Å²) < 4.78 is 0. The molecule has 1 aromatic rings. The lowest BCUT2D eigenvalue weighted by molar-refractivity contribution is -0.383. The molecule has 0 aliphatic carbocycles. The van der Waals surface area contributed by atoms with Gasteiger partial charge in [-0.3, -0.25) is 19.8 Å². The van der Waals surface area contributed by atoms with Crippen molar-refractivity contribution in [3.05, 3.63) is 33.9 Å². The van der Waals surface area contributed by atoms with E-state index in [1.54, 1.807) is 12.1 Å². The second kappa shape index (κ2) is 5.01. The molecule has 0 unspecified atom stereocenters. The Kier molecular flexibility index (Phi) is 3.42. The fourth-order valence-corrected chi connectivity index (χ4v) is 1.95. The van der Waals surface area contributed by atoms with Crippen molar-refractivity contribution in [1.29, 1.82) is 0 Å². The molecule has 1 aromatic carbocycles. The second-order valence-electron chi connectivity index (χ2n) is 4.21. The zero-order valence-corrected chi connectivity index (χ0v) is 9.76. The molecule has 3 N–H and O–H groups in total. The molecule has 1 aliphatic heterocycles. The van der Waals surface area contributed by atoms with Crippen LogP contribution in [0.1, 0.15) is 5.56 Å². The minimum atomic E-state index is -0.506. The zero-order chi connectivity index (χ0) is 13.1. The standard InChI is InChI=1S/C11H14N4O3/c12-9-5-8(1-2-10(9)15(17)18)6-14-4-3-13-11(16)7-14/h1-2,5H,3-4,6-7,12H2,(H,13,16). The molecule has 0 saturated carbocycles. The molecule has 18 heavy (non-hydrogen) atoms. The normalized spacial score (nSPS) is 16.3. The molecule has 2 rings (SSSR count). The summed E-state index contributed by atoms with van der Waals surface area (Å²) in [5, 5.41) is 13.4. The number of anilines is 1. The van der Waals surface area contributed by atoms with Crippen LogP contribution < -0.4 is 11.1 Å².